The molecule has 0 radical (unpaired) electrons. The number of hydrogen-bond acceptors (Lipinski definition) is 6. The fraction of sp³-hybridized carbons (Fsp3) is 0.205. The largest absolute Gasteiger partial charge is 0.399 e. The van der Waals surface area contributed by atoms with Crippen LogP contribution < -0.4 is 32.0 Å². The van der Waals surface area contributed by atoms with Crippen LogP contribution in [0.2, 0.25) is 0 Å². The van der Waals surface area contributed by atoms with E-state index < -0.39 is 0 Å². The number of hydrogen-bond donors (Lipinski definition) is 5. The summed E-state index contributed by atoms with van der Waals surface area (Å²) in [4.78, 5) is 9.89. The summed E-state index contributed by atoms with van der Waals surface area (Å²) in [6.07, 6.45) is 14.6. The van der Waals surface area contributed by atoms with Gasteiger partial charge in [0, 0.05) is 78.3 Å². The monoisotopic (exact) mass is 688 g/mol. The molecule has 0 aliphatic heterocycles. The van der Waals surface area contributed by atoms with Crippen molar-refractivity contribution in [1.29, 1.82) is 0 Å². The molecular weight excluding hydrogens is 641 g/mol. The minimum absolute atomic E-state index is 0.728. The van der Waals surface area contributed by atoms with E-state index in [1.807, 2.05) is 60.7 Å². The quantitative estimate of drug-likeness (QED) is 0.0322. The minimum Gasteiger partial charge on any atom is -0.399 e. The van der Waals surface area contributed by atoms with Crippen molar-refractivity contribution in [3.05, 3.63) is 139 Å². The predicted molar refractivity (Wildman–Crippen MR) is 217 cm³/mol. The number of nitrogen functional groups attached to an aromatic ring is 2. The van der Waals surface area contributed by atoms with Crippen LogP contribution in [0.15, 0.2) is 144 Å². The molecule has 0 amide bonds. The third kappa shape index (κ3) is 8.83. The van der Waals surface area contributed by atoms with Gasteiger partial charge in [-0.05, 0) is 73.5 Å². The Morgan fingerprint density at radius 3 is 2.06 bits per heavy atom. The number of quaternary nitrogens is 1. The van der Waals surface area contributed by atoms with Crippen LogP contribution in [-0.4, -0.2) is 23.8 Å². The molecule has 0 saturated heterocycles. The Bertz CT molecular complexity index is 2230. The zero-order chi connectivity index (χ0) is 35.5. The lowest BCUT2D eigenvalue weighted by molar-refractivity contribution is -0.538. The number of unbranched alkanes of at least 4 members (excludes halogenated alkanes) is 5. The molecule has 1 aliphatic rings. The lowest BCUT2D eigenvalue weighted by Gasteiger charge is -2.12. The molecule has 0 unspecified atom stereocenters. The van der Waals surface area contributed by atoms with E-state index in [1.54, 1.807) is 0 Å². The van der Waals surface area contributed by atoms with Gasteiger partial charge in [-0.1, -0.05) is 68.2 Å². The Morgan fingerprint density at radius 1 is 0.654 bits per heavy atom. The van der Waals surface area contributed by atoms with Gasteiger partial charge in [0.15, 0.2) is 5.69 Å². The number of nitrogens with zero attached hydrogens (tertiary/aromatic N) is 3. The van der Waals surface area contributed by atoms with Crippen molar-refractivity contribution in [2.45, 2.75) is 44.9 Å². The highest BCUT2D eigenvalue weighted by Crippen LogP contribution is 2.26. The number of aromatic nitrogens is 2. The van der Waals surface area contributed by atoms with Gasteiger partial charge >= 0.3 is 0 Å². The summed E-state index contributed by atoms with van der Waals surface area (Å²) in [6.45, 7) is 1.93. The van der Waals surface area contributed by atoms with E-state index in [4.69, 9.17) is 21.4 Å². The molecule has 1 aromatic heterocycles. The lowest BCUT2D eigenvalue weighted by atomic mass is 10.1. The summed E-state index contributed by atoms with van der Waals surface area (Å²) in [7, 11) is 0. The van der Waals surface area contributed by atoms with Crippen molar-refractivity contribution >= 4 is 61.9 Å². The Labute approximate surface area is 306 Å². The van der Waals surface area contributed by atoms with E-state index in [0.717, 1.165) is 93.5 Å². The van der Waals surface area contributed by atoms with Crippen molar-refractivity contribution in [2.75, 3.05) is 29.9 Å². The van der Waals surface area contributed by atoms with Crippen LogP contribution in [0.3, 0.4) is 0 Å². The van der Waals surface area contributed by atoms with Crippen molar-refractivity contribution in [3.63, 3.8) is 0 Å². The van der Waals surface area contributed by atoms with E-state index in [9.17, 15) is 0 Å². The SMILES string of the molecule is Nc1ccc(N=C2C=CC(NCCCCCCCCNc3ccc4nc5ccc(N)cc5[n+](-c5ccccc5)c4c3)=CC2)c([NH2+]c2ccccc2)c1. The van der Waals surface area contributed by atoms with E-state index in [0.29, 0.717) is 0 Å². The number of rotatable bonds is 15. The van der Waals surface area contributed by atoms with Gasteiger partial charge in [0.2, 0.25) is 16.7 Å². The average Bonchev–Trinajstić information content (AvgIpc) is 3.17. The second-order valence-electron chi connectivity index (χ2n) is 13.4. The summed E-state index contributed by atoms with van der Waals surface area (Å²) in [6, 6.07) is 39.0. The Morgan fingerprint density at radius 2 is 1.31 bits per heavy atom. The zero-order valence-electron chi connectivity index (χ0n) is 29.6. The first-order chi connectivity index (χ1) is 25.6. The molecule has 7 rings (SSSR count). The summed E-state index contributed by atoms with van der Waals surface area (Å²) in [5.41, 5.74) is 25.2. The summed E-state index contributed by atoms with van der Waals surface area (Å²) >= 11 is 0. The van der Waals surface area contributed by atoms with Gasteiger partial charge in [0.1, 0.15) is 22.4 Å². The summed E-state index contributed by atoms with van der Waals surface area (Å²) in [5, 5.41) is 9.38. The first kappa shape index (κ1) is 34.5. The highest BCUT2D eigenvalue weighted by Gasteiger charge is 2.20. The fourth-order valence-corrected chi connectivity index (χ4v) is 6.68. The van der Waals surface area contributed by atoms with Crippen molar-refractivity contribution < 1.29 is 9.88 Å². The Balaban J connectivity index is 0.822. The van der Waals surface area contributed by atoms with Crippen molar-refractivity contribution in [1.82, 2.24) is 10.3 Å². The third-order valence-corrected chi connectivity index (χ3v) is 9.40. The van der Waals surface area contributed by atoms with Crippen LogP contribution in [0.5, 0.6) is 0 Å². The van der Waals surface area contributed by atoms with Gasteiger partial charge in [0.05, 0.1) is 0 Å². The van der Waals surface area contributed by atoms with Crippen molar-refractivity contribution in [3.8, 4) is 5.69 Å². The number of nitrogens with one attached hydrogen (secondary N) is 2. The molecule has 0 fully saturated rings. The Kier molecular flexibility index (Phi) is 11.1. The molecule has 5 aromatic carbocycles. The van der Waals surface area contributed by atoms with Gasteiger partial charge in [-0.25, -0.2) is 9.98 Å². The lowest BCUT2D eigenvalue weighted by Crippen LogP contribution is -2.71. The molecule has 1 aliphatic carbocycles. The molecule has 6 aromatic rings. The molecule has 0 atom stereocenters. The number of benzene rings is 5. The first-order valence-electron chi connectivity index (χ1n) is 18.4. The maximum Gasteiger partial charge on any atom is 0.239 e. The number of nitrogens with two attached hydrogens (primary N) is 3. The molecule has 8 heteroatoms. The number of allylic oxidation sites excluding steroid dienone is 3. The highest BCUT2D eigenvalue weighted by molar-refractivity contribution is 5.99. The second kappa shape index (κ2) is 16.8. The number of fused-ring (bicyclic) bond motifs is 2. The summed E-state index contributed by atoms with van der Waals surface area (Å²) in [5.74, 6) is 0. The standard InChI is InChI=1S/C44H46N8/c45-32-17-24-39(42(29-32)50-35-13-7-5-8-14-35)49-36-21-19-34(20-22-36)47-27-11-3-1-2-4-12-28-48-37-23-26-41-44(31-37)52(38-15-9-6-10-16-38)43-30-33(46)18-25-40(43)51-41/h5-10,13-21,23-26,29-31,47,50H,1-4,11-12,22,27-28,45H2,(H2,46,48)/p+2. The van der Waals surface area contributed by atoms with Crippen LogP contribution >= 0.6 is 0 Å². The molecule has 0 bridgehead atoms. The van der Waals surface area contributed by atoms with Crippen LogP contribution in [0.1, 0.15) is 44.9 Å². The molecule has 8 nitrogen and oxygen atoms in total. The highest BCUT2D eigenvalue weighted by atomic mass is 15.0. The fourth-order valence-electron chi connectivity index (χ4n) is 6.68. The zero-order valence-corrected chi connectivity index (χ0v) is 29.6. The molecule has 1 heterocycles. The molecule has 8 N–H and O–H groups in total. The van der Waals surface area contributed by atoms with Crippen molar-refractivity contribution in [2.24, 2.45) is 4.99 Å². The smallest absolute Gasteiger partial charge is 0.239 e. The van der Waals surface area contributed by atoms with E-state index in [-0.39, 0.29) is 0 Å². The molecular formula is C44H48N8+2. The van der Waals surface area contributed by atoms with Crippen LogP contribution in [0, 0.1) is 0 Å². The van der Waals surface area contributed by atoms with Gasteiger partial charge in [-0.15, -0.1) is 4.57 Å². The third-order valence-electron chi connectivity index (χ3n) is 9.40. The average molecular weight is 689 g/mol. The number of aliphatic imine (C=N–C) groups is 1. The molecule has 0 spiro atoms. The van der Waals surface area contributed by atoms with Crippen LogP contribution in [0.4, 0.5) is 34.1 Å². The molecule has 52 heavy (non-hydrogen) atoms. The first-order valence-corrected chi connectivity index (χ1v) is 18.4. The predicted octanol–water partition coefficient (Wildman–Crippen LogP) is 8.31. The van der Waals surface area contributed by atoms with Gasteiger partial charge in [-0.3, -0.25) is 5.32 Å². The van der Waals surface area contributed by atoms with Gasteiger partial charge in [-0.2, -0.15) is 0 Å². The topological polar surface area (TPSA) is 122 Å². The maximum atomic E-state index is 6.19. The number of para-hydroxylation sites is 2. The van der Waals surface area contributed by atoms with Crippen LogP contribution in [0.25, 0.3) is 27.8 Å². The molecule has 262 valence electrons. The minimum atomic E-state index is 0.728. The van der Waals surface area contributed by atoms with E-state index in [1.165, 1.54) is 37.8 Å². The van der Waals surface area contributed by atoms with E-state index in [2.05, 4.69) is 93.3 Å². The molecule has 0 saturated carbocycles. The Hall–Kier alpha value is -5.99. The summed E-state index contributed by atoms with van der Waals surface area (Å²) < 4.78 is 2.26. The van der Waals surface area contributed by atoms with Gasteiger partial charge < -0.3 is 22.1 Å². The normalized spacial score (nSPS) is 13.5. The maximum absolute atomic E-state index is 6.19. The second-order valence-corrected chi connectivity index (χ2v) is 13.4. The van der Waals surface area contributed by atoms with E-state index >= 15 is 0 Å². The van der Waals surface area contributed by atoms with Gasteiger partial charge in [0.25, 0.3) is 0 Å². The van der Waals surface area contributed by atoms with Crippen LogP contribution in [-0.2, 0) is 0 Å². The number of anilines is 3.